The molecule has 0 fully saturated rings. The van der Waals surface area contributed by atoms with Gasteiger partial charge >= 0.3 is 0 Å². The third kappa shape index (κ3) is 447. The van der Waals surface area contributed by atoms with Gasteiger partial charge in [0.15, 0.2) is 0 Å². The fourth-order valence-corrected chi connectivity index (χ4v) is 0.354. The normalized spacial score (nSPS) is 5.21. The second-order valence-electron chi connectivity index (χ2n) is 1.76. The molecule has 0 heteroatoms. The van der Waals surface area contributed by atoms with Crippen molar-refractivity contribution in [1.82, 2.24) is 0 Å². The first-order valence-corrected chi connectivity index (χ1v) is 6.40. The van der Waals surface area contributed by atoms with Crippen molar-refractivity contribution in [3.63, 3.8) is 0 Å². The minimum atomic E-state index is 1.34. The van der Waals surface area contributed by atoms with Crippen LogP contribution in [0.1, 0.15) is 81.6 Å². The zero-order valence-electron chi connectivity index (χ0n) is 12.4. The highest BCUT2D eigenvalue weighted by atomic mass is 13.7. The first-order chi connectivity index (χ1) is 6.83. The highest BCUT2D eigenvalue weighted by molar-refractivity contribution is 4.51. The second-order valence-corrected chi connectivity index (χ2v) is 1.76. The topological polar surface area (TPSA) is 0 Å². The molecular weight excluding hydrogens is 168 g/mol. The monoisotopic (exact) mass is 204 g/mol. The van der Waals surface area contributed by atoms with Gasteiger partial charge in [-0.25, -0.2) is 0 Å². The molecule has 0 bridgehead atoms. The summed E-state index contributed by atoms with van der Waals surface area (Å²) in [5, 5.41) is 0. The standard InChI is InChI=1S/C5H12.C3H6.3C2H6/c1-3-5-4-2;1-3-2;3*1-2/h3-5H2,1-2H3;3H,1H2,2H3;3*1-2H3. The Morgan fingerprint density at radius 2 is 0.929 bits per heavy atom. The van der Waals surface area contributed by atoms with Crippen molar-refractivity contribution < 1.29 is 0 Å². The maximum Gasteiger partial charge on any atom is -0.0473 e. The minimum absolute atomic E-state index is 1.34. The zero-order chi connectivity index (χ0) is 12.8. The smallest absolute Gasteiger partial charge is 0.0473 e. The molecule has 92 valence electrons. The summed E-state index contributed by atoms with van der Waals surface area (Å²) in [6.07, 6.45) is 5.83. The fourth-order valence-electron chi connectivity index (χ4n) is 0.354. The molecule has 0 heterocycles. The van der Waals surface area contributed by atoms with Crippen LogP contribution in [0.3, 0.4) is 0 Å². The van der Waals surface area contributed by atoms with Crippen molar-refractivity contribution in [3.8, 4) is 0 Å². The second kappa shape index (κ2) is 126. The predicted molar refractivity (Wildman–Crippen MR) is 75.1 cm³/mol. The molecule has 0 aliphatic heterocycles. The van der Waals surface area contributed by atoms with Gasteiger partial charge in [-0.1, -0.05) is 80.7 Å². The summed E-state index contributed by atoms with van der Waals surface area (Å²) in [6, 6.07) is 0. The van der Waals surface area contributed by atoms with Gasteiger partial charge < -0.3 is 0 Å². The molecule has 0 atom stereocenters. The van der Waals surface area contributed by atoms with Crippen molar-refractivity contribution >= 4 is 0 Å². The van der Waals surface area contributed by atoms with Crippen LogP contribution in [0.5, 0.6) is 0 Å². The van der Waals surface area contributed by atoms with Gasteiger partial charge in [-0.15, -0.1) is 6.58 Å². The molecule has 0 saturated carbocycles. The first-order valence-electron chi connectivity index (χ1n) is 6.40. The lowest BCUT2D eigenvalue weighted by Crippen LogP contribution is -1.59. The van der Waals surface area contributed by atoms with E-state index in [0.29, 0.717) is 0 Å². The molecule has 0 nitrogen and oxygen atoms in total. The number of allylic oxidation sites excluding steroid dienone is 1. The Morgan fingerprint density at radius 1 is 0.786 bits per heavy atom. The van der Waals surface area contributed by atoms with E-state index in [4.69, 9.17) is 0 Å². The molecular formula is C14H36. The quantitative estimate of drug-likeness (QED) is 0.452. The van der Waals surface area contributed by atoms with Crippen LogP contribution in [-0.2, 0) is 0 Å². The van der Waals surface area contributed by atoms with E-state index in [2.05, 4.69) is 20.4 Å². The summed E-state index contributed by atoms with van der Waals surface area (Å²) in [4.78, 5) is 0. The van der Waals surface area contributed by atoms with E-state index >= 15 is 0 Å². The average molecular weight is 204 g/mol. The molecule has 0 N–H and O–H groups in total. The van der Waals surface area contributed by atoms with Crippen LogP contribution < -0.4 is 0 Å². The molecule has 0 radical (unpaired) electrons. The minimum Gasteiger partial charge on any atom is -0.103 e. The van der Waals surface area contributed by atoms with Gasteiger partial charge in [0.25, 0.3) is 0 Å². The highest BCUT2D eigenvalue weighted by Crippen LogP contribution is 1.88. The molecule has 0 aromatic rings. The van der Waals surface area contributed by atoms with Crippen LogP contribution in [0.25, 0.3) is 0 Å². The molecule has 0 rings (SSSR count). The highest BCUT2D eigenvalue weighted by Gasteiger charge is 1.68. The molecule has 0 aliphatic rings. The van der Waals surface area contributed by atoms with E-state index in [1.54, 1.807) is 6.08 Å². The van der Waals surface area contributed by atoms with E-state index in [-0.39, 0.29) is 0 Å². The Kier molecular flexibility index (Phi) is 262. The van der Waals surface area contributed by atoms with Crippen LogP contribution in [0.2, 0.25) is 0 Å². The number of unbranched alkanes of at least 4 members (excludes halogenated alkanes) is 2. The average Bonchev–Trinajstić information content (AvgIpc) is 2.29. The van der Waals surface area contributed by atoms with Crippen LogP contribution in [0.15, 0.2) is 12.7 Å². The molecule has 0 spiro atoms. The maximum absolute atomic E-state index is 3.36. The Labute approximate surface area is 94.8 Å². The predicted octanol–water partition coefficient (Wildman–Crippen LogP) is 6.47. The van der Waals surface area contributed by atoms with Gasteiger partial charge in [0.1, 0.15) is 0 Å². The summed E-state index contributed by atoms with van der Waals surface area (Å²) in [7, 11) is 0. The van der Waals surface area contributed by atoms with Crippen molar-refractivity contribution in [2.75, 3.05) is 0 Å². The number of hydrogen-bond donors (Lipinski definition) is 0. The molecule has 0 aliphatic carbocycles. The summed E-state index contributed by atoms with van der Waals surface area (Å²) in [5.74, 6) is 0. The lowest BCUT2D eigenvalue weighted by atomic mass is 10.3. The van der Waals surface area contributed by atoms with Gasteiger partial charge in [0.05, 0.1) is 0 Å². The van der Waals surface area contributed by atoms with E-state index < -0.39 is 0 Å². The van der Waals surface area contributed by atoms with Crippen LogP contribution in [-0.4, -0.2) is 0 Å². The van der Waals surface area contributed by atoms with Crippen LogP contribution in [0.4, 0.5) is 0 Å². The molecule has 0 amide bonds. The largest absolute Gasteiger partial charge is 0.103 e. The fraction of sp³-hybridized carbons (Fsp3) is 0.857. The Morgan fingerprint density at radius 3 is 0.929 bits per heavy atom. The zero-order valence-corrected chi connectivity index (χ0v) is 12.4. The third-order valence-corrected chi connectivity index (χ3v) is 0.707. The molecule has 0 aromatic carbocycles. The van der Waals surface area contributed by atoms with Crippen molar-refractivity contribution in [2.45, 2.75) is 81.6 Å². The summed E-state index contributed by atoms with van der Waals surface area (Å²) in [6.45, 7) is 21.7. The lowest BCUT2D eigenvalue weighted by molar-refractivity contribution is 0.772. The van der Waals surface area contributed by atoms with Crippen LogP contribution in [0, 0.1) is 0 Å². The van der Waals surface area contributed by atoms with E-state index in [0.717, 1.165) is 0 Å². The SMILES string of the molecule is C=CC.CC.CC.CC.CCCCC. The number of rotatable bonds is 2. The number of hydrogen-bond acceptors (Lipinski definition) is 0. The molecule has 0 saturated heterocycles. The van der Waals surface area contributed by atoms with E-state index in [1.807, 2.05) is 48.5 Å². The van der Waals surface area contributed by atoms with E-state index in [9.17, 15) is 0 Å². The molecule has 0 aromatic heterocycles. The van der Waals surface area contributed by atoms with Crippen molar-refractivity contribution in [2.24, 2.45) is 0 Å². The van der Waals surface area contributed by atoms with E-state index in [1.165, 1.54) is 19.3 Å². The maximum atomic E-state index is 3.36. The van der Waals surface area contributed by atoms with Crippen molar-refractivity contribution in [1.29, 1.82) is 0 Å². The molecule has 0 unspecified atom stereocenters. The van der Waals surface area contributed by atoms with Gasteiger partial charge in [-0.05, 0) is 6.92 Å². The summed E-state index contributed by atoms with van der Waals surface area (Å²) < 4.78 is 0. The van der Waals surface area contributed by atoms with Crippen LogP contribution >= 0.6 is 0 Å². The van der Waals surface area contributed by atoms with Crippen molar-refractivity contribution in [3.05, 3.63) is 12.7 Å². The third-order valence-electron chi connectivity index (χ3n) is 0.707. The summed E-state index contributed by atoms with van der Waals surface area (Å²) in [5.41, 5.74) is 0. The van der Waals surface area contributed by atoms with Gasteiger partial charge in [-0.3, -0.25) is 0 Å². The lowest BCUT2D eigenvalue weighted by Gasteiger charge is -1.79. The Bertz CT molecular complexity index is 27.0. The van der Waals surface area contributed by atoms with Gasteiger partial charge in [0.2, 0.25) is 0 Å². The summed E-state index contributed by atoms with van der Waals surface area (Å²) >= 11 is 0. The van der Waals surface area contributed by atoms with Gasteiger partial charge in [-0.2, -0.15) is 0 Å². The first kappa shape index (κ1) is 29.2. The Balaban J connectivity index is -0.0000000263. The Hall–Kier alpha value is -0.260. The van der Waals surface area contributed by atoms with Gasteiger partial charge in [0, 0.05) is 0 Å². The molecule has 14 heavy (non-hydrogen) atoms.